The zero-order chi connectivity index (χ0) is 12.0. The van der Waals surface area contributed by atoms with Crippen LogP contribution in [0.3, 0.4) is 0 Å². The molecular formula is C9H14N3O3P. The molecule has 1 unspecified atom stereocenters. The van der Waals surface area contributed by atoms with Crippen molar-refractivity contribution in [2.45, 2.75) is 32.6 Å². The lowest BCUT2D eigenvalue weighted by Crippen LogP contribution is -2.03. The van der Waals surface area contributed by atoms with Crippen molar-refractivity contribution in [3.63, 3.8) is 0 Å². The van der Waals surface area contributed by atoms with Crippen molar-refractivity contribution in [2.24, 2.45) is 0 Å². The summed E-state index contributed by atoms with van der Waals surface area (Å²) in [6.45, 7) is 2.08. The Morgan fingerprint density at radius 3 is 2.94 bits per heavy atom. The molecule has 0 saturated carbocycles. The topological polar surface area (TPSA) is 101 Å². The lowest BCUT2D eigenvalue weighted by atomic mass is 10.1. The molecule has 16 heavy (non-hydrogen) atoms. The van der Waals surface area contributed by atoms with E-state index >= 15 is 0 Å². The maximum absolute atomic E-state index is 10.5. The van der Waals surface area contributed by atoms with E-state index < -0.39 is 8.25 Å². The first kappa shape index (κ1) is 12.8. The van der Waals surface area contributed by atoms with Crippen molar-refractivity contribution in [1.82, 2.24) is 9.97 Å². The van der Waals surface area contributed by atoms with Gasteiger partial charge in [-0.25, -0.2) is 9.97 Å². The van der Waals surface area contributed by atoms with Crippen LogP contribution in [0.1, 0.15) is 31.9 Å². The summed E-state index contributed by atoms with van der Waals surface area (Å²) in [4.78, 5) is 18.1. The molecule has 6 nitrogen and oxygen atoms in total. The van der Waals surface area contributed by atoms with E-state index in [4.69, 9.17) is 5.73 Å². The summed E-state index contributed by atoms with van der Waals surface area (Å²) < 4.78 is 15.1. The molecule has 0 fully saturated rings. The molecule has 2 N–H and O–H groups in total. The van der Waals surface area contributed by atoms with Crippen molar-refractivity contribution in [3.8, 4) is 5.75 Å². The molecule has 0 aromatic carbocycles. The predicted molar refractivity (Wildman–Crippen MR) is 57.9 cm³/mol. The molecule has 0 aliphatic carbocycles. The Balaban J connectivity index is 2.76. The molecule has 0 bridgehead atoms. The van der Waals surface area contributed by atoms with Crippen LogP contribution < -0.4 is 15.2 Å². The third kappa shape index (κ3) is 4.08. The lowest BCUT2D eigenvalue weighted by molar-refractivity contribution is -0.178. The van der Waals surface area contributed by atoms with Gasteiger partial charge in [0.25, 0.3) is 0 Å². The van der Waals surface area contributed by atoms with E-state index in [1.54, 1.807) is 0 Å². The van der Waals surface area contributed by atoms with Gasteiger partial charge in [0, 0.05) is 0 Å². The number of anilines is 1. The number of nitrogens with zero attached hydrogens (tertiary/aromatic N) is 2. The molecule has 0 aliphatic rings. The summed E-state index contributed by atoms with van der Waals surface area (Å²) in [5, 5.41) is 0. The summed E-state index contributed by atoms with van der Waals surface area (Å²) in [5.74, 6) is 0.293. The van der Waals surface area contributed by atoms with Gasteiger partial charge in [-0.15, -0.1) is 0 Å². The first-order valence-corrected chi connectivity index (χ1v) is 6.16. The molecule has 1 rings (SSSR count). The Labute approximate surface area is 94.8 Å². The van der Waals surface area contributed by atoms with Crippen LogP contribution in [0, 0.1) is 0 Å². The van der Waals surface area contributed by atoms with Crippen LogP contribution in [0.5, 0.6) is 5.75 Å². The number of hydrogen-bond acceptors (Lipinski definition) is 6. The number of unbranched alkanes of at least 4 members (excludes halogenated alkanes) is 2. The first-order chi connectivity index (χ1) is 7.63. The molecule has 0 aliphatic heterocycles. The number of aryl methyl sites for hydroxylation is 1. The lowest BCUT2D eigenvalue weighted by Gasteiger charge is -2.04. The fraction of sp³-hybridized carbons (Fsp3) is 0.556. The monoisotopic (exact) mass is 243 g/mol. The molecule has 88 valence electrons. The van der Waals surface area contributed by atoms with Crippen LogP contribution in [0.25, 0.3) is 0 Å². The van der Waals surface area contributed by atoms with Gasteiger partial charge < -0.3 is 10.6 Å². The number of rotatable bonds is 6. The molecule has 1 aromatic rings. The van der Waals surface area contributed by atoms with Gasteiger partial charge >= 0.3 is 8.25 Å². The number of hydrogen-bond donors (Lipinski definition) is 1. The Kier molecular flexibility index (Phi) is 5.08. The zero-order valence-electron chi connectivity index (χ0n) is 9.05. The molecule has 0 saturated heterocycles. The van der Waals surface area contributed by atoms with Gasteiger partial charge in [-0.2, -0.15) is 0 Å². The van der Waals surface area contributed by atoms with E-state index in [0.29, 0.717) is 12.1 Å². The van der Waals surface area contributed by atoms with Crippen LogP contribution in [0.4, 0.5) is 5.95 Å². The van der Waals surface area contributed by atoms with Crippen LogP contribution in [0.15, 0.2) is 6.20 Å². The summed E-state index contributed by atoms with van der Waals surface area (Å²) >= 11 is 0. The second-order valence-electron chi connectivity index (χ2n) is 3.31. The molecule has 7 heteroatoms. The van der Waals surface area contributed by atoms with Crippen molar-refractivity contribution in [2.75, 3.05) is 5.73 Å². The fourth-order valence-electron chi connectivity index (χ4n) is 1.30. The highest BCUT2D eigenvalue weighted by molar-refractivity contribution is 7.31. The minimum atomic E-state index is -2.94. The Hall–Kier alpha value is -1.26. The van der Waals surface area contributed by atoms with E-state index in [2.05, 4.69) is 21.4 Å². The zero-order valence-corrected chi connectivity index (χ0v) is 9.94. The van der Waals surface area contributed by atoms with Crippen LogP contribution in [0.2, 0.25) is 0 Å². The minimum absolute atomic E-state index is 0.125. The minimum Gasteiger partial charge on any atom is -0.558 e. The summed E-state index contributed by atoms with van der Waals surface area (Å²) in [6.07, 6.45) is 4.96. The maximum atomic E-state index is 10.5. The molecule has 0 spiro atoms. The van der Waals surface area contributed by atoms with Gasteiger partial charge in [-0.3, -0.25) is 4.52 Å². The predicted octanol–water partition coefficient (Wildman–Crippen LogP) is 1.19. The summed E-state index contributed by atoms with van der Waals surface area (Å²) in [6, 6.07) is 0. The normalized spacial score (nSPS) is 11.2. The van der Waals surface area contributed by atoms with E-state index in [0.717, 1.165) is 19.3 Å². The highest BCUT2D eigenvalue weighted by Gasteiger charge is 2.13. The van der Waals surface area contributed by atoms with Gasteiger partial charge in [-0.1, -0.05) is 19.8 Å². The van der Waals surface area contributed by atoms with Crippen LogP contribution >= 0.6 is 8.25 Å². The van der Waals surface area contributed by atoms with Crippen molar-refractivity contribution in [1.29, 1.82) is 0 Å². The van der Waals surface area contributed by atoms with Gasteiger partial charge in [0.1, 0.15) is 0 Å². The molecule has 0 amide bonds. The maximum Gasteiger partial charge on any atom is 0.539 e. The van der Waals surface area contributed by atoms with Crippen LogP contribution in [-0.2, 0) is 11.0 Å². The first-order valence-electron chi connectivity index (χ1n) is 5.07. The molecule has 0 radical (unpaired) electrons. The van der Waals surface area contributed by atoms with Crippen molar-refractivity contribution >= 4 is 14.2 Å². The Bertz CT molecular complexity index is 373. The highest BCUT2D eigenvalue weighted by atomic mass is 31.1. The third-order valence-corrected chi connectivity index (χ3v) is 2.38. The van der Waals surface area contributed by atoms with Crippen molar-refractivity contribution < 1.29 is 14.0 Å². The number of nitrogen functional groups attached to an aromatic ring is 1. The van der Waals surface area contributed by atoms with E-state index in [9.17, 15) is 9.46 Å². The highest BCUT2D eigenvalue weighted by Crippen LogP contribution is 2.24. The molecular weight excluding hydrogens is 229 g/mol. The standard InChI is InChI=1S/C9H14N3O3P/c1-2-3-4-5-7-8(15-16(13)14)6-11-9(10)12-7/h6H,2-5H2,1H3,(H2,10,11,12). The molecule has 1 atom stereocenters. The second-order valence-corrected chi connectivity index (χ2v) is 3.94. The van der Waals surface area contributed by atoms with Gasteiger partial charge in [0.15, 0.2) is 0 Å². The molecule has 1 aromatic heterocycles. The Morgan fingerprint density at radius 1 is 1.56 bits per heavy atom. The fourth-order valence-corrected chi connectivity index (χ4v) is 1.61. The van der Waals surface area contributed by atoms with E-state index in [-0.39, 0.29) is 11.7 Å². The average Bonchev–Trinajstić information content (AvgIpc) is 2.22. The third-order valence-electron chi connectivity index (χ3n) is 2.04. The SMILES string of the molecule is CCCCCc1nc(N)ncc1O[P+](=O)[O-]. The van der Waals surface area contributed by atoms with Crippen molar-refractivity contribution in [3.05, 3.63) is 11.9 Å². The van der Waals surface area contributed by atoms with E-state index in [1.807, 2.05) is 0 Å². The van der Waals surface area contributed by atoms with Gasteiger partial charge in [-0.05, 0) is 17.4 Å². The van der Waals surface area contributed by atoms with Crippen LogP contribution in [-0.4, -0.2) is 9.97 Å². The van der Waals surface area contributed by atoms with Gasteiger partial charge in [0.05, 0.1) is 11.9 Å². The smallest absolute Gasteiger partial charge is 0.539 e. The number of nitrogens with two attached hydrogens (primary N) is 1. The largest absolute Gasteiger partial charge is 0.558 e. The summed E-state index contributed by atoms with van der Waals surface area (Å²) in [5.41, 5.74) is 5.98. The number of aromatic nitrogens is 2. The second kappa shape index (κ2) is 6.35. The quantitative estimate of drug-likeness (QED) is 0.594. The van der Waals surface area contributed by atoms with Gasteiger partial charge in [0.2, 0.25) is 11.7 Å². The van der Waals surface area contributed by atoms with E-state index in [1.165, 1.54) is 6.20 Å². The Morgan fingerprint density at radius 2 is 2.31 bits per heavy atom. The molecule has 1 heterocycles. The average molecular weight is 243 g/mol. The summed E-state index contributed by atoms with van der Waals surface area (Å²) in [7, 11) is -2.94.